The zero-order chi connectivity index (χ0) is 25.4. The molecule has 1 aliphatic rings. The zero-order valence-corrected chi connectivity index (χ0v) is 19.5. The highest BCUT2D eigenvalue weighted by Gasteiger charge is 2.47. The highest BCUT2D eigenvalue weighted by atomic mass is 32.1. The number of nitrogens with one attached hydrogen (secondary N) is 1. The highest BCUT2D eigenvalue weighted by molar-refractivity contribution is 7.15. The Bertz CT molecular complexity index is 1190. The van der Waals surface area contributed by atoms with Crippen LogP contribution < -0.4 is 5.32 Å². The molecule has 1 aliphatic heterocycles. The minimum absolute atomic E-state index is 0.0314. The Kier molecular flexibility index (Phi) is 6.71. The summed E-state index contributed by atoms with van der Waals surface area (Å²) >= 11 is 1.24. The largest absolute Gasteiger partial charge is 0.419 e. The molecule has 3 aromatic rings. The topological polar surface area (TPSA) is 83.9 Å². The van der Waals surface area contributed by atoms with Gasteiger partial charge in [-0.3, -0.25) is 9.78 Å². The number of pyridine rings is 1. The van der Waals surface area contributed by atoms with Crippen molar-refractivity contribution in [2.24, 2.45) is 5.92 Å². The van der Waals surface area contributed by atoms with E-state index >= 15 is 0 Å². The Hall–Kier alpha value is -3.22. The number of hydrogen-bond donors (Lipinski definition) is 1. The van der Waals surface area contributed by atoms with Gasteiger partial charge in [-0.1, -0.05) is 13.0 Å². The van der Waals surface area contributed by atoms with E-state index in [0.717, 1.165) is 4.90 Å². The quantitative estimate of drug-likeness (QED) is 0.489. The van der Waals surface area contributed by atoms with E-state index in [0.29, 0.717) is 28.0 Å². The number of halogens is 5. The Morgan fingerprint density at radius 2 is 1.94 bits per heavy atom. The number of thiazole rings is 1. The summed E-state index contributed by atoms with van der Waals surface area (Å²) in [6.07, 6.45) is -2.20. The summed E-state index contributed by atoms with van der Waals surface area (Å²) in [7, 11) is 0. The monoisotopic (exact) mass is 512 g/mol. The summed E-state index contributed by atoms with van der Waals surface area (Å²) in [6.45, 7) is 2.46. The number of amides is 1. The number of carbonyl (C=O) groups excluding carboxylic acids is 1. The predicted molar refractivity (Wildman–Crippen MR) is 119 cm³/mol. The number of anilines is 1. The van der Waals surface area contributed by atoms with Crippen LogP contribution in [0.1, 0.15) is 34.4 Å². The van der Waals surface area contributed by atoms with E-state index in [1.54, 1.807) is 38.2 Å². The van der Waals surface area contributed by atoms with Crippen LogP contribution in [0.4, 0.5) is 27.9 Å². The molecule has 2 atom stereocenters. The molecule has 7 nitrogen and oxygen atoms in total. The fourth-order valence-electron chi connectivity index (χ4n) is 4.02. The van der Waals surface area contributed by atoms with Crippen LogP contribution in [-0.4, -0.2) is 55.8 Å². The van der Waals surface area contributed by atoms with Gasteiger partial charge in [0.1, 0.15) is 5.69 Å². The van der Waals surface area contributed by atoms with Gasteiger partial charge in [0, 0.05) is 31.6 Å². The third-order valence-electron chi connectivity index (χ3n) is 5.62. The van der Waals surface area contributed by atoms with Crippen molar-refractivity contribution in [2.45, 2.75) is 38.4 Å². The number of aryl methyl sites for hydroxylation is 1. The van der Waals surface area contributed by atoms with E-state index in [1.165, 1.54) is 11.3 Å². The van der Waals surface area contributed by atoms with E-state index in [2.05, 4.69) is 25.3 Å². The van der Waals surface area contributed by atoms with Gasteiger partial charge in [0.05, 0.1) is 33.7 Å². The summed E-state index contributed by atoms with van der Waals surface area (Å²) in [5.74, 6) is -4.50. The van der Waals surface area contributed by atoms with E-state index in [9.17, 15) is 26.7 Å². The zero-order valence-electron chi connectivity index (χ0n) is 18.7. The van der Waals surface area contributed by atoms with Crippen LogP contribution in [0.2, 0.25) is 0 Å². The maximum absolute atomic E-state index is 14.5. The minimum atomic E-state index is -4.58. The van der Waals surface area contributed by atoms with E-state index in [4.69, 9.17) is 0 Å². The second kappa shape index (κ2) is 9.44. The number of alkyl halides is 5. The lowest BCUT2D eigenvalue weighted by atomic mass is 9.88. The van der Waals surface area contributed by atoms with Gasteiger partial charge >= 0.3 is 6.18 Å². The summed E-state index contributed by atoms with van der Waals surface area (Å²) < 4.78 is 67.3. The lowest BCUT2D eigenvalue weighted by molar-refractivity contribution is -0.138. The van der Waals surface area contributed by atoms with Crippen LogP contribution in [-0.2, 0) is 6.18 Å². The molecule has 0 saturated carbocycles. The maximum Gasteiger partial charge on any atom is 0.419 e. The first kappa shape index (κ1) is 24.9. The number of nitrogens with zero attached hydrogens (tertiary/aromatic N) is 5. The first-order valence-electron chi connectivity index (χ1n) is 10.7. The predicted octanol–water partition coefficient (Wildman–Crippen LogP) is 4.92. The van der Waals surface area contributed by atoms with Crippen LogP contribution in [0.15, 0.2) is 36.8 Å². The lowest BCUT2D eigenvalue weighted by Gasteiger charge is -2.43. The molecule has 0 spiro atoms. The van der Waals surface area contributed by atoms with Crippen molar-refractivity contribution >= 4 is 23.2 Å². The molecule has 1 fully saturated rings. The Morgan fingerprint density at radius 1 is 1.23 bits per heavy atom. The molecule has 0 aromatic carbocycles. The summed E-state index contributed by atoms with van der Waals surface area (Å²) in [6, 6.07) is 4.47. The average Bonchev–Trinajstić information content (AvgIpc) is 3.19. The van der Waals surface area contributed by atoms with Gasteiger partial charge in [0.25, 0.3) is 11.8 Å². The Labute approximate surface area is 201 Å². The molecular weight excluding hydrogens is 491 g/mol. The summed E-state index contributed by atoms with van der Waals surface area (Å²) in [5.41, 5.74) is -0.468. The van der Waals surface area contributed by atoms with E-state index in [1.807, 2.05) is 0 Å². The van der Waals surface area contributed by atoms with Crippen molar-refractivity contribution < 1.29 is 26.7 Å². The van der Waals surface area contributed by atoms with Crippen molar-refractivity contribution in [3.8, 4) is 10.6 Å². The van der Waals surface area contributed by atoms with Gasteiger partial charge in [-0.25, -0.2) is 23.7 Å². The average molecular weight is 513 g/mol. The molecule has 35 heavy (non-hydrogen) atoms. The number of aromatic nitrogens is 4. The van der Waals surface area contributed by atoms with Gasteiger partial charge in [0.2, 0.25) is 5.95 Å². The number of hydrogen-bond acceptors (Lipinski definition) is 7. The number of rotatable bonds is 5. The van der Waals surface area contributed by atoms with Crippen molar-refractivity contribution in [1.29, 1.82) is 0 Å². The smallest absolute Gasteiger partial charge is 0.352 e. The number of likely N-dealkylation sites (tertiary alicyclic amines) is 1. The summed E-state index contributed by atoms with van der Waals surface area (Å²) in [5, 5.41) is 3.36. The van der Waals surface area contributed by atoms with Crippen LogP contribution in [0, 0.1) is 12.8 Å². The van der Waals surface area contributed by atoms with Crippen LogP contribution in [0.25, 0.3) is 10.6 Å². The minimum Gasteiger partial charge on any atom is -0.352 e. The molecular formula is C22H21F5N6OS. The van der Waals surface area contributed by atoms with Crippen molar-refractivity contribution in [1.82, 2.24) is 24.8 Å². The fraction of sp³-hybridized carbons (Fsp3) is 0.409. The summed E-state index contributed by atoms with van der Waals surface area (Å²) in [4.78, 5) is 31.0. The van der Waals surface area contributed by atoms with Crippen molar-refractivity contribution in [3.63, 3.8) is 0 Å². The SMILES string of the molecule is Cc1nc(C(=O)N2CC(F)(F)CC(C)[C@H]2CNc2ncc(C(F)(F)F)cn2)c(-c2ccccn2)s1. The fourth-order valence-corrected chi connectivity index (χ4v) is 4.91. The second-order valence-corrected chi connectivity index (χ2v) is 9.54. The van der Waals surface area contributed by atoms with Gasteiger partial charge in [-0.05, 0) is 25.0 Å². The molecule has 1 unspecified atom stereocenters. The molecule has 4 heterocycles. The van der Waals surface area contributed by atoms with Crippen molar-refractivity contribution in [3.05, 3.63) is 53.1 Å². The van der Waals surface area contributed by atoms with Gasteiger partial charge in [-0.2, -0.15) is 13.2 Å². The van der Waals surface area contributed by atoms with E-state index < -0.39 is 48.5 Å². The molecule has 4 rings (SSSR count). The lowest BCUT2D eigenvalue weighted by Crippen LogP contribution is -2.57. The van der Waals surface area contributed by atoms with Gasteiger partial charge in [0.15, 0.2) is 0 Å². The maximum atomic E-state index is 14.5. The van der Waals surface area contributed by atoms with Gasteiger partial charge < -0.3 is 10.2 Å². The molecule has 1 saturated heterocycles. The third-order valence-corrected chi connectivity index (χ3v) is 6.62. The second-order valence-electron chi connectivity index (χ2n) is 8.34. The molecule has 1 N–H and O–H groups in total. The molecule has 0 radical (unpaired) electrons. The first-order valence-corrected chi connectivity index (χ1v) is 11.5. The van der Waals surface area contributed by atoms with Crippen LogP contribution >= 0.6 is 11.3 Å². The molecule has 0 aliphatic carbocycles. The Balaban J connectivity index is 1.60. The molecule has 3 aromatic heterocycles. The highest BCUT2D eigenvalue weighted by Crippen LogP contribution is 2.37. The number of carbonyl (C=O) groups is 1. The van der Waals surface area contributed by atoms with Gasteiger partial charge in [-0.15, -0.1) is 11.3 Å². The number of piperidine rings is 1. The first-order chi connectivity index (χ1) is 16.4. The Morgan fingerprint density at radius 3 is 2.57 bits per heavy atom. The van der Waals surface area contributed by atoms with Crippen LogP contribution in [0.5, 0.6) is 0 Å². The van der Waals surface area contributed by atoms with Crippen molar-refractivity contribution in [2.75, 3.05) is 18.4 Å². The third kappa shape index (κ3) is 5.55. The molecule has 1 amide bonds. The molecule has 13 heteroatoms. The van der Waals surface area contributed by atoms with E-state index in [-0.39, 0.29) is 18.2 Å². The normalized spacial score (nSPS) is 20.0. The van der Waals surface area contributed by atoms with Crippen LogP contribution in [0.3, 0.4) is 0 Å². The molecule has 0 bridgehead atoms. The standard InChI is InChI=1S/C22H21F5N6OS/c1-12-7-21(23,24)11-33(16(12)10-31-20-29-8-14(9-30-20)22(25,26)27)19(34)17-18(35-13(2)32-17)15-5-3-4-6-28-15/h3-6,8-9,12,16H,7,10-11H2,1-2H3,(H,29,30,31)/t12?,16-/m1/s1. The molecule has 186 valence electrons.